The SMILES string of the molecule is Cc1nnc(SCC(=O)Nc2nnc(-c3ccccc3)o2)n1Cc1ccccc1. The highest BCUT2D eigenvalue weighted by Gasteiger charge is 2.15. The number of nitrogens with one attached hydrogen (secondary N) is 1. The average Bonchev–Trinajstić information content (AvgIpc) is 3.35. The quantitative estimate of drug-likeness (QED) is 0.470. The van der Waals surface area contributed by atoms with Gasteiger partial charge in [-0.05, 0) is 24.6 Å². The number of benzene rings is 2. The molecular weight excluding hydrogens is 388 g/mol. The zero-order valence-corrected chi connectivity index (χ0v) is 16.5. The van der Waals surface area contributed by atoms with E-state index in [0.29, 0.717) is 17.6 Å². The number of thioether (sulfide) groups is 1. The molecule has 2 aromatic heterocycles. The first-order valence-corrected chi connectivity index (χ1v) is 9.93. The van der Waals surface area contributed by atoms with Gasteiger partial charge in [0.25, 0.3) is 0 Å². The Morgan fingerprint density at radius 2 is 1.72 bits per heavy atom. The molecule has 4 rings (SSSR count). The fourth-order valence-electron chi connectivity index (χ4n) is 2.67. The van der Waals surface area contributed by atoms with Crippen LogP contribution in [-0.4, -0.2) is 36.6 Å². The van der Waals surface area contributed by atoms with Gasteiger partial charge in [-0.25, -0.2) is 0 Å². The first-order chi connectivity index (χ1) is 14.2. The number of aromatic nitrogens is 5. The molecule has 9 heteroatoms. The third-order valence-electron chi connectivity index (χ3n) is 4.11. The van der Waals surface area contributed by atoms with Gasteiger partial charge in [-0.2, -0.15) is 0 Å². The third-order valence-corrected chi connectivity index (χ3v) is 5.08. The first kappa shape index (κ1) is 18.9. The molecule has 0 unspecified atom stereocenters. The van der Waals surface area contributed by atoms with Crippen molar-refractivity contribution in [1.82, 2.24) is 25.0 Å². The Kier molecular flexibility index (Phi) is 5.66. The van der Waals surface area contributed by atoms with Crippen LogP contribution in [0.4, 0.5) is 6.01 Å². The van der Waals surface area contributed by atoms with Gasteiger partial charge in [0.1, 0.15) is 5.82 Å². The Morgan fingerprint density at radius 3 is 2.48 bits per heavy atom. The van der Waals surface area contributed by atoms with Crippen LogP contribution in [0.15, 0.2) is 70.2 Å². The zero-order chi connectivity index (χ0) is 20.1. The molecule has 0 aliphatic carbocycles. The molecule has 0 aliphatic rings. The second-order valence-electron chi connectivity index (χ2n) is 6.22. The summed E-state index contributed by atoms with van der Waals surface area (Å²) in [5.74, 6) is 1.04. The monoisotopic (exact) mass is 406 g/mol. The molecule has 0 fully saturated rings. The van der Waals surface area contributed by atoms with Gasteiger partial charge in [0.05, 0.1) is 12.3 Å². The minimum Gasteiger partial charge on any atom is -0.403 e. The van der Waals surface area contributed by atoms with Crippen LogP contribution in [0.1, 0.15) is 11.4 Å². The van der Waals surface area contributed by atoms with Crippen molar-refractivity contribution >= 4 is 23.7 Å². The summed E-state index contributed by atoms with van der Waals surface area (Å²) >= 11 is 1.31. The highest BCUT2D eigenvalue weighted by molar-refractivity contribution is 7.99. The number of amides is 1. The summed E-state index contributed by atoms with van der Waals surface area (Å²) in [6.07, 6.45) is 0. The van der Waals surface area contributed by atoms with E-state index in [-0.39, 0.29) is 17.7 Å². The van der Waals surface area contributed by atoms with Crippen molar-refractivity contribution in [3.63, 3.8) is 0 Å². The predicted octanol–water partition coefficient (Wildman–Crippen LogP) is 3.42. The maximum Gasteiger partial charge on any atom is 0.322 e. The molecule has 0 spiro atoms. The number of carbonyl (C=O) groups excluding carboxylic acids is 1. The Labute approximate surface area is 171 Å². The number of rotatable bonds is 7. The average molecular weight is 406 g/mol. The topological polar surface area (TPSA) is 98.7 Å². The minimum absolute atomic E-state index is 0.0661. The Balaban J connectivity index is 1.36. The molecule has 0 bridgehead atoms. The van der Waals surface area contributed by atoms with Crippen molar-refractivity contribution in [3.8, 4) is 11.5 Å². The van der Waals surface area contributed by atoms with Crippen LogP contribution in [-0.2, 0) is 11.3 Å². The van der Waals surface area contributed by atoms with Crippen LogP contribution in [0.2, 0.25) is 0 Å². The lowest BCUT2D eigenvalue weighted by Gasteiger charge is -2.08. The summed E-state index contributed by atoms with van der Waals surface area (Å²) in [5, 5.41) is 19.4. The van der Waals surface area contributed by atoms with Crippen molar-refractivity contribution in [2.24, 2.45) is 0 Å². The molecule has 146 valence electrons. The summed E-state index contributed by atoms with van der Waals surface area (Å²) in [4.78, 5) is 12.3. The predicted molar refractivity (Wildman–Crippen MR) is 109 cm³/mol. The maximum atomic E-state index is 12.3. The summed E-state index contributed by atoms with van der Waals surface area (Å²) in [7, 11) is 0. The lowest BCUT2D eigenvalue weighted by molar-refractivity contribution is -0.113. The zero-order valence-electron chi connectivity index (χ0n) is 15.6. The molecule has 2 heterocycles. The standard InChI is InChI=1S/C20H18N6O2S/c1-14-22-25-20(26(14)12-15-8-4-2-5-9-15)29-13-17(27)21-19-24-23-18(28-19)16-10-6-3-7-11-16/h2-11H,12-13H2,1H3,(H,21,24,27). The molecule has 4 aromatic rings. The fraction of sp³-hybridized carbons (Fsp3) is 0.150. The van der Waals surface area contributed by atoms with E-state index >= 15 is 0 Å². The molecule has 1 N–H and O–H groups in total. The van der Waals surface area contributed by atoms with E-state index in [9.17, 15) is 4.79 Å². The second-order valence-corrected chi connectivity index (χ2v) is 7.16. The molecule has 0 saturated carbocycles. The molecule has 8 nitrogen and oxygen atoms in total. The van der Waals surface area contributed by atoms with E-state index in [1.165, 1.54) is 11.8 Å². The van der Waals surface area contributed by atoms with Crippen molar-refractivity contribution in [2.45, 2.75) is 18.6 Å². The van der Waals surface area contributed by atoms with Crippen molar-refractivity contribution in [2.75, 3.05) is 11.1 Å². The van der Waals surface area contributed by atoms with Gasteiger partial charge < -0.3 is 8.98 Å². The van der Waals surface area contributed by atoms with Crippen LogP contribution < -0.4 is 5.32 Å². The molecule has 0 aliphatic heterocycles. The van der Waals surface area contributed by atoms with Crippen molar-refractivity contribution < 1.29 is 9.21 Å². The molecule has 0 saturated heterocycles. The Hall–Kier alpha value is -3.46. The normalized spacial score (nSPS) is 10.8. The van der Waals surface area contributed by atoms with E-state index in [2.05, 4.69) is 25.7 Å². The van der Waals surface area contributed by atoms with E-state index in [0.717, 1.165) is 17.0 Å². The number of hydrogen-bond acceptors (Lipinski definition) is 7. The number of nitrogens with zero attached hydrogens (tertiary/aromatic N) is 5. The van der Waals surface area contributed by atoms with Gasteiger partial charge in [-0.3, -0.25) is 10.1 Å². The summed E-state index contributed by atoms with van der Waals surface area (Å²) < 4.78 is 7.48. The summed E-state index contributed by atoms with van der Waals surface area (Å²) in [6.45, 7) is 2.54. The molecular formula is C20H18N6O2S. The smallest absolute Gasteiger partial charge is 0.322 e. The van der Waals surface area contributed by atoms with Crippen LogP contribution in [0.5, 0.6) is 0 Å². The summed E-state index contributed by atoms with van der Waals surface area (Å²) in [6, 6.07) is 19.5. The summed E-state index contributed by atoms with van der Waals surface area (Å²) in [5.41, 5.74) is 1.93. The fourth-order valence-corrected chi connectivity index (χ4v) is 3.46. The molecule has 2 aromatic carbocycles. The van der Waals surface area contributed by atoms with Crippen LogP contribution >= 0.6 is 11.8 Å². The van der Waals surface area contributed by atoms with Gasteiger partial charge in [-0.15, -0.1) is 15.3 Å². The van der Waals surface area contributed by atoms with Gasteiger partial charge in [-0.1, -0.05) is 65.4 Å². The van der Waals surface area contributed by atoms with Crippen LogP contribution in [0.3, 0.4) is 0 Å². The number of hydrogen-bond donors (Lipinski definition) is 1. The van der Waals surface area contributed by atoms with E-state index in [4.69, 9.17) is 4.42 Å². The number of anilines is 1. The van der Waals surface area contributed by atoms with Gasteiger partial charge in [0.2, 0.25) is 11.8 Å². The molecule has 0 atom stereocenters. The highest BCUT2D eigenvalue weighted by Crippen LogP contribution is 2.21. The maximum absolute atomic E-state index is 12.3. The Bertz CT molecular complexity index is 1090. The minimum atomic E-state index is -0.259. The molecule has 1 amide bonds. The van der Waals surface area contributed by atoms with E-state index in [1.807, 2.05) is 72.2 Å². The molecule has 0 radical (unpaired) electrons. The lowest BCUT2D eigenvalue weighted by Crippen LogP contribution is -2.15. The second kappa shape index (κ2) is 8.70. The number of aryl methyl sites for hydroxylation is 1. The van der Waals surface area contributed by atoms with Crippen LogP contribution in [0.25, 0.3) is 11.5 Å². The molecule has 29 heavy (non-hydrogen) atoms. The van der Waals surface area contributed by atoms with Crippen LogP contribution in [0, 0.1) is 6.92 Å². The Morgan fingerprint density at radius 1 is 1.00 bits per heavy atom. The largest absolute Gasteiger partial charge is 0.403 e. The first-order valence-electron chi connectivity index (χ1n) is 8.94. The van der Waals surface area contributed by atoms with Crippen molar-refractivity contribution in [1.29, 1.82) is 0 Å². The highest BCUT2D eigenvalue weighted by atomic mass is 32.2. The van der Waals surface area contributed by atoms with Crippen molar-refractivity contribution in [3.05, 3.63) is 72.1 Å². The third kappa shape index (κ3) is 4.69. The van der Waals surface area contributed by atoms with Gasteiger partial charge in [0.15, 0.2) is 5.16 Å². The lowest BCUT2D eigenvalue weighted by atomic mass is 10.2. The van der Waals surface area contributed by atoms with E-state index in [1.54, 1.807) is 0 Å². The van der Waals surface area contributed by atoms with Gasteiger partial charge in [0, 0.05) is 5.56 Å². The van der Waals surface area contributed by atoms with E-state index < -0.39 is 0 Å². The van der Waals surface area contributed by atoms with Gasteiger partial charge >= 0.3 is 6.01 Å². The number of carbonyl (C=O) groups is 1.